The highest BCUT2D eigenvalue weighted by Gasteiger charge is 2.13. The Morgan fingerprint density at radius 2 is 1.43 bits per heavy atom. The average Bonchev–Trinajstić information content (AvgIpc) is 2.60. The van der Waals surface area contributed by atoms with Gasteiger partial charge >= 0.3 is 0 Å². The van der Waals surface area contributed by atoms with Crippen molar-refractivity contribution in [3.63, 3.8) is 0 Å². The fourth-order valence-corrected chi connectivity index (χ4v) is 3.47. The smallest absolute Gasteiger partial charge is 0.116 e. The van der Waals surface area contributed by atoms with Crippen molar-refractivity contribution in [2.75, 3.05) is 0 Å². The number of aromatic nitrogens is 3. The molecular weight excluding hydrogens is 350 g/mol. The zero-order valence-corrected chi connectivity index (χ0v) is 13.6. The van der Waals surface area contributed by atoms with Gasteiger partial charge in [0.15, 0.2) is 0 Å². The van der Waals surface area contributed by atoms with Crippen molar-refractivity contribution in [2.24, 2.45) is 0 Å². The van der Waals surface area contributed by atoms with Crippen molar-refractivity contribution in [3.05, 3.63) is 65.5 Å². The fourth-order valence-electron chi connectivity index (χ4n) is 3.20. The van der Waals surface area contributed by atoms with Crippen LogP contribution >= 0.6 is 15.9 Å². The number of rotatable bonds is 1. The van der Waals surface area contributed by atoms with Crippen LogP contribution in [0.2, 0.25) is 0 Å². The summed E-state index contributed by atoms with van der Waals surface area (Å²) in [6.45, 7) is 0. The van der Waals surface area contributed by atoms with Crippen LogP contribution < -0.4 is 0 Å². The summed E-state index contributed by atoms with van der Waals surface area (Å²) in [5.74, 6) is 0. The maximum atomic E-state index is 4.71. The van der Waals surface area contributed by atoms with E-state index < -0.39 is 0 Å². The summed E-state index contributed by atoms with van der Waals surface area (Å²) in [4.78, 5) is 13.5. The van der Waals surface area contributed by atoms with E-state index >= 15 is 0 Å². The second-order valence-corrected chi connectivity index (χ2v) is 6.46. The van der Waals surface area contributed by atoms with E-state index in [0.29, 0.717) is 0 Å². The maximum absolute atomic E-state index is 4.71. The first-order valence-electron chi connectivity index (χ1n) is 7.32. The Hall–Kier alpha value is -2.59. The molecule has 2 heterocycles. The lowest BCUT2D eigenvalue weighted by molar-refractivity contribution is 1.26. The van der Waals surface area contributed by atoms with E-state index in [2.05, 4.69) is 56.2 Å². The van der Waals surface area contributed by atoms with Crippen LogP contribution in [0.3, 0.4) is 0 Å². The fraction of sp³-hybridized carbons (Fsp3) is 0. The zero-order chi connectivity index (χ0) is 15.4. The third-order valence-corrected chi connectivity index (χ3v) is 4.78. The van der Waals surface area contributed by atoms with Crippen molar-refractivity contribution in [1.29, 1.82) is 0 Å². The minimum atomic E-state index is 0.973. The topological polar surface area (TPSA) is 38.7 Å². The van der Waals surface area contributed by atoms with Crippen LogP contribution in [0.25, 0.3) is 43.8 Å². The van der Waals surface area contributed by atoms with Gasteiger partial charge in [-0.2, -0.15) is 0 Å². The normalized spacial score (nSPS) is 11.7. The highest BCUT2D eigenvalue weighted by Crippen LogP contribution is 2.36. The summed E-state index contributed by atoms with van der Waals surface area (Å²) in [5.41, 5.74) is 4.04. The predicted molar refractivity (Wildman–Crippen MR) is 96.7 cm³/mol. The molecule has 0 spiro atoms. The van der Waals surface area contributed by atoms with Crippen LogP contribution in [-0.4, -0.2) is 15.0 Å². The van der Waals surface area contributed by atoms with Gasteiger partial charge in [0.1, 0.15) is 6.33 Å². The largest absolute Gasteiger partial charge is 0.255 e. The lowest BCUT2D eigenvalue weighted by Gasteiger charge is -2.12. The molecule has 2 aromatic heterocycles. The molecule has 0 aliphatic rings. The first-order chi connectivity index (χ1) is 11.3. The number of halogens is 1. The molecule has 0 N–H and O–H groups in total. The summed E-state index contributed by atoms with van der Waals surface area (Å²) in [6.07, 6.45) is 3.56. The van der Waals surface area contributed by atoms with E-state index in [-0.39, 0.29) is 0 Å². The summed E-state index contributed by atoms with van der Waals surface area (Å²) in [6, 6.07) is 16.5. The Morgan fingerprint density at radius 3 is 2.22 bits per heavy atom. The molecule has 0 radical (unpaired) electrons. The minimum absolute atomic E-state index is 0.973. The van der Waals surface area contributed by atoms with E-state index in [9.17, 15) is 0 Å². The molecule has 0 atom stereocenters. The van der Waals surface area contributed by atoms with Crippen LogP contribution in [0.5, 0.6) is 0 Å². The lowest BCUT2D eigenvalue weighted by atomic mass is 9.96. The first-order valence-corrected chi connectivity index (χ1v) is 8.11. The van der Waals surface area contributed by atoms with Crippen LogP contribution in [0.1, 0.15) is 0 Å². The predicted octanol–water partition coefficient (Wildman–Crippen LogP) is 5.20. The highest BCUT2D eigenvalue weighted by atomic mass is 79.9. The summed E-state index contributed by atoms with van der Waals surface area (Å²) < 4.78 is 1.06. The monoisotopic (exact) mass is 359 g/mol. The van der Waals surface area contributed by atoms with Crippen LogP contribution in [0, 0.1) is 0 Å². The molecule has 108 valence electrons. The van der Waals surface area contributed by atoms with Gasteiger partial charge in [-0.05, 0) is 30.3 Å². The Labute approximate surface area is 140 Å². The van der Waals surface area contributed by atoms with Gasteiger partial charge in [-0.15, -0.1) is 0 Å². The van der Waals surface area contributed by atoms with Crippen molar-refractivity contribution in [1.82, 2.24) is 15.0 Å². The Balaban J connectivity index is 1.96. The molecule has 0 aliphatic carbocycles. The van der Waals surface area contributed by atoms with Gasteiger partial charge in [-0.1, -0.05) is 34.1 Å². The van der Waals surface area contributed by atoms with E-state index in [0.717, 1.165) is 42.9 Å². The van der Waals surface area contributed by atoms with Gasteiger partial charge in [0.25, 0.3) is 0 Å². The Bertz CT molecular complexity index is 1150. The molecule has 0 saturated heterocycles. The van der Waals surface area contributed by atoms with Gasteiger partial charge in [0, 0.05) is 37.8 Å². The van der Waals surface area contributed by atoms with Crippen molar-refractivity contribution in [2.45, 2.75) is 0 Å². The third-order valence-electron chi connectivity index (χ3n) is 4.25. The van der Waals surface area contributed by atoms with E-state index in [1.807, 2.05) is 24.4 Å². The molecule has 0 amide bonds. The van der Waals surface area contributed by atoms with Crippen molar-refractivity contribution < 1.29 is 0 Å². The van der Waals surface area contributed by atoms with Crippen LogP contribution in [0.15, 0.2) is 65.5 Å². The first kappa shape index (κ1) is 12.9. The summed E-state index contributed by atoms with van der Waals surface area (Å²) in [5, 5.41) is 4.56. The van der Waals surface area contributed by atoms with Crippen molar-refractivity contribution >= 4 is 48.5 Å². The Kier molecular flexibility index (Phi) is 2.64. The summed E-state index contributed by atoms with van der Waals surface area (Å²) in [7, 11) is 0. The van der Waals surface area contributed by atoms with Gasteiger partial charge in [-0.3, -0.25) is 4.98 Å². The van der Waals surface area contributed by atoms with Crippen LogP contribution in [0.4, 0.5) is 0 Å². The molecule has 0 fully saturated rings. The molecule has 3 aromatic carbocycles. The summed E-state index contributed by atoms with van der Waals surface area (Å²) >= 11 is 3.48. The molecule has 0 aliphatic heterocycles. The molecule has 5 aromatic rings. The SMILES string of the molecule is Brc1ccc(-c2ncc3ccc4ncnc5ccc2c3c45)cc1. The molecule has 0 bridgehead atoms. The number of nitrogens with zero attached hydrogens (tertiary/aromatic N) is 3. The van der Waals surface area contributed by atoms with E-state index in [4.69, 9.17) is 4.98 Å². The van der Waals surface area contributed by atoms with Gasteiger partial charge < -0.3 is 0 Å². The average molecular weight is 360 g/mol. The number of benzene rings is 3. The van der Waals surface area contributed by atoms with E-state index in [1.165, 1.54) is 5.39 Å². The molecule has 0 unspecified atom stereocenters. The van der Waals surface area contributed by atoms with Gasteiger partial charge in [0.2, 0.25) is 0 Å². The number of hydrogen-bond acceptors (Lipinski definition) is 3. The van der Waals surface area contributed by atoms with Crippen molar-refractivity contribution in [3.8, 4) is 11.3 Å². The molecule has 3 nitrogen and oxygen atoms in total. The molecule has 0 saturated carbocycles. The highest BCUT2D eigenvalue weighted by molar-refractivity contribution is 9.10. The Morgan fingerprint density at radius 1 is 0.696 bits per heavy atom. The van der Waals surface area contributed by atoms with Gasteiger partial charge in [-0.25, -0.2) is 9.97 Å². The lowest BCUT2D eigenvalue weighted by Crippen LogP contribution is -1.92. The standard InChI is InChI=1S/C19H10BrN3/c20-13-4-1-11(2-5-13)19-14-6-8-16-18-15(22-10-23-16)7-3-12(9-21-19)17(14)18/h1-10H. The molecule has 4 heteroatoms. The zero-order valence-electron chi connectivity index (χ0n) is 12.0. The van der Waals surface area contributed by atoms with E-state index in [1.54, 1.807) is 6.33 Å². The number of hydrogen-bond donors (Lipinski definition) is 0. The quantitative estimate of drug-likeness (QED) is 0.386. The number of pyridine rings is 1. The van der Waals surface area contributed by atoms with Gasteiger partial charge in [0.05, 0.1) is 16.7 Å². The second kappa shape index (κ2) is 4.70. The molecule has 23 heavy (non-hydrogen) atoms. The third kappa shape index (κ3) is 1.85. The molecular formula is C19H10BrN3. The maximum Gasteiger partial charge on any atom is 0.116 e. The van der Waals surface area contributed by atoms with Crippen LogP contribution in [-0.2, 0) is 0 Å². The molecule has 5 rings (SSSR count). The minimum Gasteiger partial charge on any atom is -0.255 e. The second-order valence-electron chi connectivity index (χ2n) is 5.54.